The van der Waals surface area contributed by atoms with Gasteiger partial charge in [-0.1, -0.05) is 39.0 Å². The summed E-state index contributed by atoms with van der Waals surface area (Å²) in [7, 11) is 0. The smallest absolute Gasteiger partial charge is 0.407 e. The molecule has 142 valence electrons. The number of alkyl carbamates (subject to hydrolysis) is 1. The van der Waals surface area contributed by atoms with Gasteiger partial charge in [0, 0.05) is 23.6 Å². The number of carbonyl (C=O) groups excluding carboxylic acids is 2. The van der Waals surface area contributed by atoms with E-state index in [2.05, 4.69) is 40.7 Å². The maximum Gasteiger partial charge on any atom is 0.407 e. The lowest BCUT2D eigenvalue weighted by molar-refractivity contribution is -0.124. The highest BCUT2D eigenvalue weighted by atomic mass is 16.5. The maximum absolute atomic E-state index is 12.4. The number of H-pyrrole nitrogens is 1. The van der Waals surface area contributed by atoms with Crippen molar-refractivity contribution in [3.63, 3.8) is 0 Å². The molecule has 6 nitrogen and oxygen atoms in total. The van der Waals surface area contributed by atoms with Gasteiger partial charge in [-0.2, -0.15) is 0 Å². The maximum atomic E-state index is 12.4. The van der Waals surface area contributed by atoms with E-state index in [0.717, 1.165) is 12.8 Å². The molecule has 0 radical (unpaired) electrons. The van der Waals surface area contributed by atoms with Crippen LogP contribution in [0.3, 0.4) is 0 Å². The number of ether oxygens (including phenoxy) is 1. The van der Waals surface area contributed by atoms with E-state index >= 15 is 0 Å². The topological polar surface area (TPSA) is 83.2 Å². The Bertz CT molecular complexity index is 752. The Morgan fingerprint density at radius 3 is 2.62 bits per heavy atom. The van der Waals surface area contributed by atoms with Gasteiger partial charge in [-0.3, -0.25) is 4.79 Å². The molecule has 0 aliphatic carbocycles. The zero-order chi connectivity index (χ0) is 19.1. The molecule has 2 rings (SSSR count). The molecule has 2 amide bonds. The van der Waals surface area contributed by atoms with Gasteiger partial charge < -0.3 is 20.4 Å². The molecule has 0 fully saturated rings. The Labute approximate surface area is 154 Å². The zero-order valence-electron chi connectivity index (χ0n) is 16.0. The summed E-state index contributed by atoms with van der Waals surface area (Å²) in [5, 5.41) is 6.74. The summed E-state index contributed by atoms with van der Waals surface area (Å²) in [4.78, 5) is 27.4. The lowest BCUT2D eigenvalue weighted by atomic mass is 10.0. The Kier molecular flexibility index (Phi) is 7.06. The predicted octanol–water partition coefficient (Wildman–Crippen LogP) is 3.16. The second kappa shape index (κ2) is 9.27. The van der Waals surface area contributed by atoms with Crippen molar-refractivity contribution in [2.75, 3.05) is 13.2 Å². The molecule has 26 heavy (non-hydrogen) atoms. The van der Waals surface area contributed by atoms with Gasteiger partial charge in [-0.15, -0.1) is 0 Å². The molecule has 1 atom stereocenters. The molecule has 6 heteroatoms. The monoisotopic (exact) mass is 359 g/mol. The molecule has 0 saturated carbocycles. The van der Waals surface area contributed by atoms with Gasteiger partial charge in [0.05, 0.1) is 6.61 Å². The van der Waals surface area contributed by atoms with Crippen molar-refractivity contribution in [3.8, 4) is 0 Å². The molecular weight excluding hydrogens is 330 g/mol. The van der Waals surface area contributed by atoms with Gasteiger partial charge >= 0.3 is 6.09 Å². The molecule has 1 aromatic carbocycles. The predicted molar refractivity (Wildman–Crippen MR) is 103 cm³/mol. The van der Waals surface area contributed by atoms with Crippen molar-refractivity contribution < 1.29 is 14.3 Å². The summed E-state index contributed by atoms with van der Waals surface area (Å²) in [6.45, 7) is 8.44. The van der Waals surface area contributed by atoms with E-state index in [-0.39, 0.29) is 18.4 Å². The van der Waals surface area contributed by atoms with Crippen molar-refractivity contribution in [2.45, 2.75) is 46.6 Å². The van der Waals surface area contributed by atoms with E-state index in [1.165, 1.54) is 22.0 Å². The highest BCUT2D eigenvalue weighted by Gasteiger charge is 2.24. The summed E-state index contributed by atoms with van der Waals surface area (Å²) in [6, 6.07) is 5.68. The average molecular weight is 359 g/mol. The van der Waals surface area contributed by atoms with Crippen molar-refractivity contribution in [1.29, 1.82) is 0 Å². The van der Waals surface area contributed by atoms with Crippen LogP contribution in [0, 0.1) is 5.92 Å². The molecule has 0 aliphatic heterocycles. The second-order valence-electron chi connectivity index (χ2n) is 6.63. The minimum Gasteiger partial charge on any atom is -0.450 e. The number of aromatic nitrogens is 1. The first-order valence-electron chi connectivity index (χ1n) is 9.26. The van der Waals surface area contributed by atoms with E-state index in [1.807, 2.05) is 20.0 Å². The SMILES string of the molecule is CCOC(=O)NC(C(=O)NCCc1c[nH]c2c(CC)cccc12)C(C)C. The summed E-state index contributed by atoms with van der Waals surface area (Å²) < 4.78 is 4.87. The summed E-state index contributed by atoms with van der Waals surface area (Å²) in [5.41, 5.74) is 3.63. The van der Waals surface area contributed by atoms with Gasteiger partial charge in [-0.05, 0) is 36.8 Å². The Morgan fingerprint density at radius 2 is 1.96 bits per heavy atom. The Balaban J connectivity index is 1.95. The number of para-hydroxylation sites is 1. The third-order valence-corrected chi connectivity index (χ3v) is 4.46. The summed E-state index contributed by atoms with van der Waals surface area (Å²) >= 11 is 0. The fourth-order valence-electron chi connectivity index (χ4n) is 3.04. The molecule has 0 aliphatic rings. The normalized spacial score (nSPS) is 12.2. The highest BCUT2D eigenvalue weighted by Crippen LogP contribution is 2.22. The first-order chi connectivity index (χ1) is 12.5. The van der Waals surface area contributed by atoms with Crippen LogP contribution in [0.15, 0.2) is 24.4 Å². The number of nitrogens with one attached hydrogen (secondary N) is 3. The van der Waals surface area contributed by atoms with Gasteiger partial charge in [0.15, 0.2) is 0 Å². The van der Waals surface area contributed by atoms with Crippen LogP contribution in [0.25, 0.3) is 10.9 Å². The molecule has 0 spiro atoms. The molecule has 3 N–H and O–H groups in total. The minimum absolute atomic E-state index is 0.0281. The lowest BCUT2D eigenvalue weighted by Crippen LogP contribution is -2.50. The first kappa shape index (κ1) is 19.8. The van der Waals surface area contributed by atoms with Gasteiger partial charge in [0.2, 0.25) is 5.91 Å². The van der Waals surface area contributed by atoms with Crippen LogP contribution in [-0.2, 0) is 22.4 Å². The number of aryl methyl sites for hydroxylation is 1. The van der Waals surface area contributed by atoms with Gasteiger partial charge in [-0.25, -0.2) is 4.79 Å². The number of carbonyl (C=O) groups is 2. The second-order valence-corrected chi connectivity index (χ2v) is 6.63. The van der Waals surface area contributed by atoms with E-state index < -0.39 is 12.1 Å². The number of fused-ring (bicyclic) bond motifs is 1. The van der Waals surface area contributed by atoms with Crippen molar-refractivity contribution in [3.05, 3.63) is 35.5 Å². The van der Waals surface area contributed by atoms with E-state index in [1.54, 1.807) is 6.92 Å². The Hall–Kier alpha value is -2.50. The first-order valence-corrected chi connectivity index (χ1v) is 9.26. The summed E-state index contributed by atoms with van der Waals surface area (Å²) in [6.07, 6.45) is 3.14. The molecule has 1 aromatic heterocycles. The summed E-state index contributed by atoms with van der Waals surface area (Å²) in [5.74, 6) is -0.221. The van der Waals surface area contributed by atoms with Crippen LogP contribution in [0.4, 0.5) is 4.79 Å². The van der Waals surface area contributed by atoms with Gasteiger partial charge in [0.25, 0.3) is 0 Å². The Morgan fingerprint density at radius 1 is 1.19 bits per heavy atom. The standard InChI is InChI=1S/C20H29N3O3/c1-5-14-8-7-9-16-15(12-22-18(14)16)10-11-21-19(24)17(13(3)4)23-20(25)26-6-2/h7-9,12-13,17,22H,5-6,10-11H2,1-4H3,(H,21,24)(H,23,25). The van der Waals surface area contributed by atoms with Crippen molar-refractivity contribution >= 4 is 22.9 Å². The number of benzene rings is 1. The van der Waals surface area contributed by atoms with Crippen LogP contribution in [-0.4, -0.2) is 36.2 Å². The van der Waals surface area contributed by atoms with Crippen LogP contribution >= 0.6 is 0 Å². The fourth-order valence-corrected chi connectivity index (χ4v) is 3.04. The molecular formula is C20H29N3O3. The van der Waals surface area contributed by atoms with Crippen LogP contribution in [0.2, 0.25) is 0 Å². The molecule has 0 saturated heterocycles. The highest BCUT2D eigenvalue weighted by molar-refractivity contribution is 5.87. The largest absolute Gasteiger partial charge is 0.450 e. The quantitative estimate of drug-likeness (QED) is 0.677. The van der Waals surface area contributed by atoms with E-state index in [0.29, 0.717) is 6.54 Å². The lowest BCUT2D eigenvalue weighted by Gasteiger charge is -2.21. The number of amides is 2. The molecule has 1 unspecified atom stereocenters. The average Bonchev–Trinajstić information content (AvgIpc) is 3.02. The third kappa shape index (κ3) is 4.77. The zero-order valence-corrected chi connectivity index (χ0v) is 16.0. The molecule has 0 bridgehead atoms. The fraction of sp³-hybridized carbons (Fsp3) is 0.500. The van der Waals surface area contributed by atoms with Gasteiger partial charge in [0.1, 0.15) is 6.04 Å². The number of rotatable bonds is 8. The molecule has 1 heterocycles. The van der Waals surface area contributed by atoms with E-state index in [4.69, 9.17) is 4.74 Å². The van der Waals surface area contributed by atoms with Crippen LogP contribution < -0.4 is 10.6 Å². The minimum atomic E-state index is -0.608. The number of hydrogen-bond donors (Lipinski definition) is 3. The van der Waals surface area contributed by atoms with E-state index in [9.17, 15) is 9.59 Å². The van der Waals surface area contributed by atoms with Crippen molar-refractivity contribution in [1.82, 2.24) is 15.6 Å². The third-order valence-electron chi connectivity index (χ3n) is 4.46. The molecule has 2 aromatic rings. The number of hydrogen-bond acceptors (Lipinski definition) is 3. The number of aromatic amines is 1. The van der Waals surface area contributed by atoms with Crippen LogP contribution in [0.1, 0.15) is 38.8 Å². The van der Waals surface area contributed by atoms with Crippen LogP contribution in [0.5, 0.6) is 0 Å². The van der Waals surface area contributed by atoms with Crippen molar-refractivity contribution in [2.24, 2.45) is 5.92 Å².